The van der Waals surface area contributed by atoms with Gasteiger partial charge in [0.25, 0.3) is 0 Å². The Morgan fingerprint density at radius 2 is 1.71 bits per heavy atom. The highest BCUT2D eigenvalue weighted by Crippen LogP contribution is 2.83. The standard InChI is InChI=1S/C20H34O/c1-13(2)15-6-7-16-19(15,5)9-8-17(3)12-18(4,21)10-14-11-20(14,16)17/h13-16,21H,6-12H2,1-5H3/t14-,15-,16-,17+,18+,19-,20+/m1/s1. The molecule has 4 aliphatic carbocycles. The molecular weight excluding hydrogens is 256 g/mol. The van der Waals surface area contributed by atoms with Crippen molar-refractivity contribution < 1.29 is 5.11 Å². The molecule has 0 radical (unpaired) electrons. The molecule has 7 atom stereocenters. The number of fused-ring (bicyclic) bond motifs is 1. The van der Waals surface area contributed by atoms with E-state index in [9.17, 15) is 5.11 Å². The van der Waals surface area contributed by atoms with Gasteiger partial charge in [-0.3, -0.25) is 0 Å². The lowest BCUT2D eigenvalue weighted by molar-refractivity contribution is -0.139. The van der Waals surface area contributed by atoms with Gasteiger partial charge in [-0.15, -0.1) is 0 Å². The molecular formula is C20H34O. The normalized spacial score (nSPS) is 62.1. The van der Waals surface area contributed by atoms with E-state index in [1.54, 1.807) is 0 Å². The quantitative estimate of drug-likeness (QED) is 0.718. The second-order valence-corrected chi connectivity index (χ2v) is 10.4. The third-order valence-electron chi connectivity index (χ3n) is 8.78. The highest BCUT2D eigenvalue weighted by Gasteiger charge is 2.77. The summed E-state index contributed by atoms with van der Waals surface area (Å²) in [5.74, 6) is 3.54. The van der Waals surface area contributed by atoms with Crippen LogP contribution in [0.25, 0.3) is 0 Å². The molecule has 4 fully saturated rings. The summed E-state index contributed by atoms with van der Waals surface area (Å²) in [5.41, 5.74) is 1.20. The number of hydrogen-bond donors (Lipinski definition) is 1. The van der Waals surface area contributed by atoms with Crippen LogP contribution in [0.5, 0.6) is 0 Å². The summed E-state index contributed by atoms with van der Waals surface area (Å²) in [6.07, 6.45) is 9.23. The first kappa shape index (κ1) is 14.5. The van der Waals surface area contributed by atoms with Crippen LogP contribution >= 0.6 is 0 Å². The number of aliphatic hydroxyl groups is 1. The van der Waals surface area contributed by atoms with E-state index in [2.05, 4.69) is 34.6 Å². The molecule has 1 spiro atoms. The first-order chi connectivity index (χ1) is 9.65. The zero-order valence-corrected chi connectivity index (χ0v) is 14.7. The monoisotopic (exact) mass is 290 g/mol. The van der Waals surface area contributed by atoms with Crippen molar-refractivity contribution >= 4 is 0 Å². The van der Waals surface area contributed by atoms with E-state index in [0.717, 1.165) is 36.5 Å². The van der Waals surface area contributed by atoms with Gasteiger partial charge in [-0.05, 0) is 91.8 Å². The fourth-order valence-electron chi connectivity index (χ4n) is 8.23. The maximum atomic E-state index is 10.7. The molecule has 4 rings (SSSR count). The minimum absolute atomic E-state index is 0.400. The highest BCUT2D eigenvalue weighted by molar-refractivity contribution is 5.25. The van der Waals surface area contributed by atoms with Crippen molar-refractivity contribution in [2.75, 3.05) is 0 Å². The van der Waals surface area contributed by atoms with Gasteiger partial charge in [0.15, 0.2) is 0 Å². The minimum Gasteiger partial charge on any atom is -0.390 e. The molecule has 0 aromatic heterocycles. The third-order valence-corrected chi connectivity index (χ3v) is 8.78. The van der Waals surface area contributed by atoms with E-state index in [1.165, 1.54) is 32.1 Å². The van der Waals surface area contributed by atoms with Gasteiger partial charge in [0.05, 0.1) is 5.60 Å². The van der Waals surface area contributed by atoms with Crippen molar-refractivity contribution in [3.8, 4) is 0 Å². The predicted octanol–water partition coefficient (Wildman–Crippen LogP) is 5.03. The zero-order chi connectivity index (χ0) is 15.3. The topological polar surface area (TPSA) is 20.2 Å². The molecule has 0 unspecified atom stereocenters. The van der Waals surface area contributed by atoms with E-state index >= 15 is 0 Å². The van der Waals surface area contributed by atoms with Gasteiger partial charge in [-0.1, -0.05) is 27.7 Å². The fraction of sp³-hybridized carbons (Fsp3) is 1.00. The number of rotatable bonds is 1. The maximum Gasteiger partial charge on any atom is 0.0628 e. The van der Waals surface area contributed by atoms with Crippen molar-refractivity contribution in [2.45, 2.75) is 85.2 Å². The van der Waals surface area contributed by atoms with Gasteiger partial charge < -0.3 is 5.11 Å². The lowest BCUT2D eigenvalue weighted by Crippen LogP contribution is -2.54. The summed E-state index contributed by atoms with van der Waals surface area (Å²) in [4.78, 5) is 0. The Morgan fingerprint density at radius 1 is 1.00 bits per heavy atom. The average Bonchev–Trinajstić information content (AvgIpc) is 2.92. The molecule has 21 heavy (non-hydrogen) atoms. The first-order valence-corrected chi connectivity index (χ1v) is 9.37. The zero-order valence-electron chi connectivity index (χ0n) is 14.7. The van der Waals surface area contributed by atoms with Crippen LogP contribution in [0.3, 0.4) is 0 Å². The second-order valence-electron chi connectivity index (χ2n) is 10.4. The molecule has 0 heterocycles. The van der Waals surface area contributed by atoms with Gasteiger partial charge in [-0.2, -0.15) is 0 Å². The van der Waals surface area contributed by atoms with Gasteiger partial charge in [0.1, 0.15) is 0 Å². The highest BCUT2D eigenvalue weighted by atomic mass is 16.3. The molecule has 0 bridgehead atoms. The van der Waals surface area contributed by atoms with Gasteiger partial charge in [0.2, 0.25) is 0 Å². The molecule has 0 aliphatic heterocycles. The van der Waals surface area contributed by atoms with Crippen molar-refractivity contribution in [3.63, 3.8) is 0 Å². The Labute approximate surface area is 130 Å². The van der Waals surface area contributed by atoms with Crippen LogP contribution < -0.4 is 0 Å². The molecule has 0 aromatic carbocycles. The largest absolute Gasteiger partial charge is 0.390 e. The molecule has 0 aromatic rings. The van der Waals surface area contributed by atoms with Crippen LogP contribution in [-0.4, -0.2) is 10.7 Å². The van der Waals surface area contributed by atoms with E-state index in [4.69, 9.17) is 0 Å². The summed E-state index contributed by atoms with van der Waals surface area (Å²) in [5, 5.41) is 10.7. The Kier molecular flexibility index (Phi) is 2.69. The van der Waals surface area contributed by atoms with Gasteiger partial charge in [-0.25, -0.2) is 0 Å². The third kappa shape index (κ3) is 1.62. The summed E-state index contributed by atoms with van der Waals surface area (Å²) in [6.45, 7) is 12.1. The predicted molar refractivity (Wildman–Crippen MR) is 86.9 cm³/mol. The lowest BCUT2D eigenvalue weighted by atomic mass is 9.46. The summed E-state index contributed by atoms with van der Waals surface area (Å²) in [6, 6.07) is 0. The van der Waals surface area contributed by atoms with Crippen LogP contribution in [0, 0.1) is 39.9 Å². The average molecular weight is 290 g/mol. The van der Waals surface area contributed by atoms with Crippen molar-refractivity contribution in [3.05, 3.63) is 0 Å². The van der Waals surface area contributed by atoms with E-state index in [0.29, 0.717) is 16.2 Å². The van der Waals surface area contributed by atoms with Gasteiger partial charge in [0, 0.05) is 0 Å². The molecule has 1 N–H and O–H groups in total. The van der Waals surface area contributed by atoms with Gasteiger partial charge >= 0.3 is 0 Å². The van der Waals surface area contributed by atoms with Crippen LogP contribution in [0.1, 0.15) is 79.6 Å². The molecule has 0 amide bonds. The molecule has 120 valence electrons. The van der Waals surface area contributed by atoms with Crippen LogP contribution in [0.4, 0.5) is 0 Å². The molecule has 1 heteroatoms. The Morgan fingerprint density at radius 3 is 2.38 bits per heavy atom. The van der Waals surface area contributed by atoms with Crippen molar-refractivity contribution in [1.82, 2.24) is 0 Å². The van der Waals surface area contributed by atoms with E-state index in [1.807, 2.05) is 0 Å². The van der Waals surface area contributed by atoms with E-state index < -0.39 is 5.60 Å². The van der Waals surface area contributed by atoms with Crippen molar-refractivity contribution in [2.24, 2.45) is 39.9 Å². The van der Waals surface area contributed by atoms with Crippen molar-refractivity contribution in [1.29, 1.82) is 0 Å². The SMILES string of the molecule is CC(C)[C@H]1CC[C@@H]2[C@]1(C)CC[C@@]1(C)C[C@@](C)(O)C[C@@H]3C[C@]321. The van der Waals surface area contributed by atoms with Crippen LogP contribution in [0.15, 0.2) is 0 Å². The van der Waals surface area contributed by atoms with Crippen LogP contribution in [-0.2, 0) is 0 Å². The molecule has 4 aliphatic rings. The first-order valence-electron chi connectivity index (χ1n) is 9.37. The summed E-state index contributed by atoms with van der Waals surface area (Å²) >= 11 is 0. The van der Waals surface area contributed by atoms with E-state index in [-0.39, 0.29) is 0 Å². The molecule has 4 saturated carbocycles. The molecule has 0 saturated heterocycles. The van der Waals surface area contributed by atoms with Crippen LogP contribution in [0.2, 0.25) is 0 Å². The second kappa shape index (κ2) is 3.89. The Bertz CT molecular complexity index is 466. The summed E-state index contributed by atoms with van der Waals surface area (Å²) in [7, 11) is 0. The minimum atomic E-state index is -0.400. The summed E-state index contributed by atoms with van der Waals surface area (Å²) < 4.78 is 0. The smallest absolute Gasteiger partial charge is 0.0628 e. The Hall–Kier alpha value is -0.0400. The number of hydrogen-bond acceptors (Lipinski definition) is 1. The fourth-order valence-corrected chi connectivity index (χ4v) is 8.23. The molecule has 1 nitrogen and oxygen atoms in total. The lowest BCUT2D eigenvalue weighted by Gasteiger charge is -2.59. The Balaban J connectivity index is 1.72. The maximum absolute atomic E-state index is 10.7.